The van der Waals surface area contributed by atoms with Crippen LogP contribution in [0.1, 0.15) is 63.4 Å². The van der Waals surface area contributed by atoms with Gasteiger partial charge in [-0.3, -0.25) is 9.59 Å². The van der Waals surface area contributed by atoms with E-state index in [0.717, 1.165) is 5.56 Å². The number of ether oxygens (including phenoxy) is 1. The van der Waals surface area contributed by atoms with Gasteiger partial charge in [0.15, 0.2) is 0 Å². The first-order chi connectivity index (χ1) is 12.5. The van der Waals surface area contributed by atoms with Crippen LogP contribution in [0, 0.1) is 5.92 Å². The average Bonchev–Trinajstić information content (AvgIpc) is 2.59. The van der Waals surface area contributed by atoms with Crippen molar-refractivity contribution in [1.82, 2.24) is 10.6 Å². The zero-order valence-electron chi connectivity index (χ0n) is 17.2. The van der Waals surface area contributed by atoms with Crippen LogP contribution in [-0.2, 0) is 19.7 Å². The number of carbonyl (C=O) groups excluding carboxylic acids is 3. The first-order valence-electron chi connectivity index (χ1n) is 9.30. The number of rotatable bonds is 8. The minimum atomic E-state index is -0.664. The molecule has 0 fully saturated rings. The maximum Gasteiger partial charge on any atom is 0.328 e. The minimum absolute atomic E-state index is 0.0270. The van der Waals surface area contributed by atoms with Crippen LogP contribution in [-0.4, -0.2) is 37.5 Å². The van der Waals surface area contributed by atoms with Gasteiger partial charge in [-0.05, 0) is 35.4 Å². The average molecular weight is 376 g/mol. The number of methoxy groups -OCH3 is 1. The molecule has 1 rings (SSSR count). The molecule has 1 atom stereocenters. The first-order valence-corrected chi connectivity index (χ1v) is 9.30. The third-order valence-corrected chi connectivity index (χ3v) is 4.18. The molecule has 0 saturated heterocycles. The Hall–Kier alpha value is -2.37. The lowest BCUT2D eigenvalue weighted by molar-refractivity contribution is -0.145. The van der Waals surface area contributed by atoms with E-state index >= 15 is 0 Å². The van der Waals surface area contributed by atoms with Gasteiger partial charge in [0.25, 0.3) is 5.91 Å². The summed E-state index contributed by atoms with van der Waals surface area (Å²) in [6.45, 7) is 10.5. The van der Waals surface area contributed by atoms with Crippen molar-refractivity contribution in [1.29, 1.82) is 0 Å². The lowest BCUT2D eigenvalue weighted by atomic mass is 9.87. The molecule has 1 aromatic carbocycles. The first kappa shape index (κ1) is 22.7. The van der Waals surface area contributed by atoms with E-state index in [-0.39, 0.29) is 36.1 Å². The van der Waals surface area contributed by atoms with Gasteiger partial charge >= 0.3 is 5.97 Å². The normalized spacial score (nSPS) is 12.4. The third kappa shape index (κ3) is 7.81. The van der Waals surface area contributed by atoms with E-state index in [0.29, 0.717) is 12.0 Å². The van der Waals surface area contributed by atoms with E-state index < -0.39 is 12.0 Å². The van der Waals surface area contributed by atoms with Crippen LogP contribution in [0.2, 0.25) is 0 Å². The Kier molecular flexibility index (Phi) is 8.47. The second kappa shape index (κ2) is 10.1. The second-order valence-corrected chi connectivity index (χ2v) is 8.11. The molecule has 2 N–H and O–H groups in total. The Balaban J connectivity index is 2.50. The van der Waals surface area contributed by atoms with E-state index in [1.165, 1.54) is 7.11 Å². The summed E-state index contributed by atoms with van der Waals surface area (Å²) in [5, 5.41) is 5.40. The van der Waals surface area contributed by atoms with Crippen molar-refractivity contribution in [2.24, 2.45) is 5.92 Å². The fourth-order valence-electron chi connectivity index (χ4n) is 2.61. The van der Waals surface area contributed by atoms with Crippen molar-refractivity contribution in [3.05, 3.63) is 35.4 Å². The van der Waals surface area contributed by atoms with Crippen molar-refractivity contribution in [2.75, 3.05) is 13.7 Å². The van der Waals surface area contributed by atoms with Gasteiger partial charge in [0.05, 0.1) is 7.11 Å². The molecule has 0 aliphatic carbocycles. The Labute approximate surface area is 162 Å². The van der Waals surface area contributed by atoms with Crippen LogP contribution in [0.5, 0.6) is 0 Å². The van der Waals surface area contributed by atoms with Crippen LogP contribution in [0.15, 0.2) is 24.3 Å². The second-order valence-electron chi connectivity index (χ2n) is 8.11. The molecule has 0 aliphatic heterocycles. The molecule has 150 valence electrons. The van der Waals surface area contributed by atoms with Crippen molar-refractivity contribution in [3.63, 3.8) is 0 Å². The molecule has 0 saturated carbocycles. The predicted octanol–water partition coefficient (Wildman–Crippen LogP) is 2.81. The van der Waals surface area contributed by atoms with Crippen molar-refractivity contribution in [2.45, 2.75) is 58.9 Å². The molecule has 0 aliphatic rings. The van der Waals surface area contributed by atoms with E-state index in [1.54, 1.807) is 12.1 Å². The topological polar surface area (TPSA) is 84.5 Å². The van der Waals surface area contributed by atoms with Crippen LogP contribution in [0.4, 0.5) is 0 Å². The van der Waals surface area contributed by atoms with E-state index in [4.69, 9.17) is 4.74 Å². The SMILES string of the molecule is COC(=O)[C@@H](CC(C)C)NC(=O)CCNC(=O)c1ccc(C(C)(C)C)cc1. The predicted molar refractivity (Wildman–Crippen MR) is 105 cm³/mol. The summed E-state index contributed by atoms with van der Waals surface area (Å²) in [5.41, 5.74) is 1.73. The van der Waals surface area contributed by atoms with Crippen LogP contribution >= 0.6 is 0 Å². The van der Waals surface area contributed by atoms with Crippen LogP contribution in [0.3, 0.4) is 0 Å². The highest BCUT2D eigenvalue weighted by molar-refractivity contribution is 5.94. The molecule has 0 heterocycles. The maximum atomic E-state index is 12.2. The molecule has 0 spiro atoms. The number of nitrogens with one attached hydrogen (secondary N) is 2. The van der Waals surface area contributed by atoms with Gasteiger partial charge in [0.2, 0.25) is 5.91 Å². The number of carbonyl (C=O) groups is 3. The maximum absolute atomic E-state index is 12.2. The van der Waals surface area contributed by atoms with Gasteiger partial charge in [-0.1, -0.05) is 46.8 Å². The zero-order chi connectivity index (χ0) is 20.6. The van der Waals surface area contributed by atoms with Gasteiger partial charge in [-0.25, -0.2) is 4.79 Å². The summed E-state index contributed by atoms with van der Waals surface area (Å²) in [4.78, 5) is 36.0. The summed E-state index contributed by atoms with van der Waals surface area (Å²) in [5.74, 6) is -0.741. The van der Waals surface area contributed by atoms with Crippen molar-refractivity contribution < 1.29 is 19.1 Å². The minimum Gasteiger partial charge on any atom is -0.467 e. The van der Waals surface area contributed by atoms with E-state index in [9.17, 15) is 14.4 Å². The molecule has 0 unspecified atom stereocenters. The van der Waals surface area contributed by atoms with Gasteiger partial charge in [-0.2, -0.15) is 0 Å². The number of amides is 2. The standard InChI is InChI=1S/C21H32N2O4/c1-14(2)13-17(20(26)27-6)23-18(24)11-12-22-19(25)15-7-9-16(10-8-15)21(3,4)5/h7-10,14,17H,11-13H2,1-6H3,(H,22,25)(H,23,24)/t17-/m1/s1. The highest BCUT2D eigenvalue weighted by Crippen LogP contribution is 2.22. The summed E-state index contributed by atoms with van der Waals surface area (Å²) in [6.07, 6.45) is 0.600. The fourth-order valence-corrected chi connectivity index (χ4v) is 2.61. The quantitative estimate of drug-likeness (QED) is 0.683. The van der Waals surface area contributed by atoms with Gasteiger partial charge in [0.1, 0.15) is 6.04 Å². The van der Waals surface area contributed by atoms with Crippen LogP contribution < -0.4 is 10.6 Å². The lowest BCUT2D eigenvalue weighted by Gasteiger charge is -2.19. The number of hydrogen-bond acceptors (Lipinski definition) is 4. The molecule has 0 aromatic heterocycles. The number of esters is 1. The summed E-state index contributed by atoms with van der Waals surface area (Å²) < 4.78 is 4.72. The molecular weight excluding hydrogens is 344 g/mol. The van der Waals surface area contributed by atoms with Gasteiger partial charge in [-0.15, -0.1) is 0 Å². The molecule has 27 heavy (non-hydrogen) atoms. The summed E-state index contributed by atoms with van der Waals surface area (Å²) in [6, 6.07) is 6.78. The van der Waals surface area contributed by atoms with Crippen molar-refractivity contribution in [3.8, 4) is 0 Å². The molecule has 1 aromatic rings. The van der Waals surface area contributed by atoms with Gasteiger partial charge < -0.3 is 15.4 Å². The number of benzene rings is 1. The lowest BCUT2D eigenvalue weighted by Crippen LogP contribution is -2.43. The van der Waals surface area contributed by atoms with Crippen LogP contribution in [0.25, 0.3) is 0 Å². The molecule has 2 amide bonds. The van der Waals surface area contributed by atoms with E-state index in [1.807, 2.05) is 26.0 Å². The molecule has 6 nitrogen and oxygen atoms in total. The Morgan fingerprint density at radius 2 is 1.67 bits per heavy atom. The highest BCUT2D eigenvalue weighted by atomic mass is 16.5. The number of hydrogen-bond donors (Lipinski definition) is 2. The van der Waals surface area contributed by atoms with Crippen molar-refractivity contribution >= 4 is 17.8 Å². The highest BCUT2D eigenvalue weighted by Gasteiger charge is 2.22. The smallest absolute Gasteiger partial charge is 0.328 e. The molecule has 0 bridgehead atoms. The largest absolute Gasteiger partial charge is 0.467 e. The Morgan fingerprint density at radius 3 is 2.15 bits per heavy atom. The van der Waals surface area contributed by atoms with Gasteiger partial charge in [0, 0.05) is 18.5 Å². The summed E-state index contributed by atoms with van der Waals surface area (Å²) >= 11 is 0. The molecular formula is C21H32N2O4. The Bertz CT molecular complexity index is 645. The fraction of sp³-hybridized carbons (Fsp3) is 0.571. The van der Waals surface area contributed by atoms with E-state index in [2.05, 4.69) is 31.4 Å². The molecule has 6 heteroatoms. The monoisotopic (exact) mass is 376 g/mol. The summed E-state index contributed by atoms with van der Waals surface area (Å²) in [7, 11) is 1.30. The Morgan fingerprint density at radius 1 is 1.07 bits per heavy atom. The zero-order valence-corrected chi connectivity index (χ0v) is 17.2. The molecule has 0 radical (unpaired) electrons. The third-order valence-electron chi connectivity index (χ3n) is 4.18.